The molecular formula is C9H8ClF3O2S. The Morgan fingerprint density at radius 1 is 1.31 bits per heavy atom. The Bertz CT molecular complexity index is 494. The maximum atomic E-state index is 12.3. The van der Waals surface area contributed by atoms with Gasteiger partial charge in [0.15, 0.2) is 0 Å². The quantitative estimate of drug-likeness (QED) is 0.828. The van der Waals surface area contributed by atoms with Crippen molar-refractivity contribution in [3.8, 4) is 0 Å². The predicted molar refractivity (Wildman–Crippen MR) is 54.1 cm³/mol. The van der Waals surface area contributed by atoms with Crippen molar-refractivity contribution >= 4 is 21.4 Å². The van der Waals surface area contributed by atoms with E-state index in [0.29, 0.717) is 12.0 Å². The van der Waals surface area contributed by atoms with Crippen LogP contribution >= 0.6 is 11.6 Å². The molecule has 1 aromatic carbocycles. The molecule has 0 N–H and O–H groups in total. The van der Waals surface area contributed by atoms with Crippen LogP contribution in [0, 0.1) is 0 Å². The molecule has 16 heavy (non-hydrogen) atoms. The van der Waals surface area contributed by atoms with Crippen LogP contribution in [0.25, 0.3) is 0 Å². The summed E-state index contributed by atoms with van der Waals surface area (Å²) >= 11 is 5.46. The van der Waals surface area contributed by atoms with Gasteiger partial charge in [-0.3, -0.25) is 0 Å². The first kappa shape index (κ1) is 13.3. The Kier molecular flexibility index (Phi) is 3.54. The normalized spacial score (nSPS) is 12.8. The number of alkyl halides is 3. The van der Waals surface area contributed by atoms with Gasteiger partial charge in [0, 0.05) is 0 Å². The number of halogens is 4. The molecule has 0 fully saturated rings. The third-order valence-corrected chi connectivity index (χ3v) is 3.97. The van der Waals surface area contributed by atoms with Crippen molar-refractivity contribution < 1.29 is 21.6 Å². The summed E-state index contributed by atoms with van der Waals surface area (Å²) in [5.41, 5.74) is -4.85. The summed E-state index contributed by atoms with van der Waals surface area (Å²) in [4.78, 5) is -0.888. The van der Waals surface area contributed by atoms with Crippen molar-refractivity contribution in [3.05, 3.63) is 28.8 Å². The average molecular weight is 273 g/mol. The summed E-state index contributed by atoms with van der Waals surface area (Å²) in [6.07, 6.45) is 0.428. The Balaban J connectivity index is 3.44. The second-order valence-electron chi connectivity index (χ2n) is 3.07. The molecule has 0 saturated carbocycles. The minimum atomic E-state index is -5.37. The SMILES string of the molecule is CCc1ccc(Cl)c(S(=O)(=O)C(F)(F)F)c1. The molecule has 0 aliphatic carbocycles. The summed E-state index contributed by atoms with van der Waals surface area (Å²) < 4.78 is 59.1. The molecule has 0 atom stereocenters. The van der Waals surface area contributed by atoms with Gasteiger partial charge in [0.25, 0.3) is 9.84 Å². The fourth-order valence-corrected chi connectivity index (χ4v) is 2.40. The van der Waals surface area contributed by atoms with Crippen LogP contribution in [0.1, 0.15) is 12.5 Å². The summed E-state index contributed by atoms with van der Waals surface area (Å²) in [6.45, 7) is 1.70. The number of benzene rings is 1. The van der Waals surface area contributed by atoms with Gasteiger partial charge in [-0.15, -0.1) is 0 Å². The van der Waals surface area contributed by atoms with E-state index < -0.39 is 25.3 Å². The van der Waals surface area contributed by atoms with Crippen molar-refractivity contribution in [2.45, 2.75) is 23.7 Å². The van der Waals surface area contributed by atoms with Gasteiger partial charge in [-0.25, -0.2) is 8.42 Å². The molecule has 1 aromatic rings. The highest BCUT2D eigenvalue weighted by Gasteiger charge is 2.47. The van der Waals surface area contributed by atoms with E-state index in [1.54, 1.807) is 6.92 Å². The van der Waals surface area contributed by atoms with Crippen molar-refractivity contribution in [3.63, 3.8) is 0 Å². The molecule has 0 spiro atoms. The van der Waals surface area contributed by atoms with E-state index >= 15 is 0 Å². The lowest BCUT2D eigenvalue weighted by molar-refractivity contribution is -0.0436. The monoisotopic (exact) mass is 272 g/mol. The number of rotatable bonds is 2. The Hall–Kier alpha value is -0.750. The molecule has 0 unspecified atom stereocenters. The summed E-state index contributed by atoms with van der Waals surface area (Å²) in [5, 5.41) is -0.422. The Labute approximate surface area is 96.0 Å². The maximum absolute atomic E-state index is 12.3. The molecule has 0 saturated heterocycles. The first-order valence-corrected chi connectivity index (χ1v) is 6.16. The molecule has 7 heteroatoms. The van der Waals surface area contributed by atoms with E-state index in [0.717, 1.165) is 12.1 Å². The number of sulfone groups is 1. The fourth-order valence-electron chi connectivity index (χ4n) is 1.10. The van der Waals surface area contributed by atoms with E-state index in [9.17, 15) is 21.6 Å². The molecule has 0 bridgehead atoms. The molecular weight excluding hydrogens is 265 g/mol. The van der Waals surface area contributed by atoms with Crippen LogP contribution in [-0.2, 0) is 16.3 Å². The van der Waals surface area contributed by atoms with Crippen molar-refractivity contribution in [2.75, 3.05) is 0 Å². The average Bonchev–Trinajstić information content (AvgIpc) is 2.16. The molecule has 0 heterocycles. The second kappa shape index (κ2) is 4.25. The van der Waals surface area contributed by atoms with Crippen molar-refractivity contribution in [2.24, 2.45) is 0 Å². The van der Waals surface area contributed by atoms with Crippen molar-refractivity contribution in [1.82, 2.24) is 0 Å². The van der Waals surface area contributed by atoms with Crippen LogP contribution in [0.15, 0.2) is 23.1 Å². The molecule has 0 aromatic heterocycles. The second-order valence-corrected chi connectivity index (χ2v) is 5.38. The van der Waals surface area contributed by atoms with Gasteiger partial charge < -0.3 is 0 Å². The molecule has 0 amide bonds. The topological polar surface area (TPSA) is 34.1 Å². The molecule has 0 radical (unpaired) electrons. The van der Waals surface area contributed by atoms with E-state index in [1.165, 1.54) is 6.07 Å². The van der Waals surface area contributed by atoms with Gasteiger partial charge >= 0.3 is 5.51 Å². The smallest absolute Gasteiger partial charge is 0.214 e. The summed E-state index contributed by atoms with van der Waals surface area (Å²) in [5.74, 6) is 0. The lowest BCUT2D eigenvalue weighted by atomic mass is 10.2. The highest BCUT2D eigenvalue weighted by atomic mass is 35.5. The zero-order valence-corrected chi connectivity index (χ0v) is 9.75. The van der Waals surface area contributed by atoms with Gasteiger partial charge in [-0.1, -0.05) is 24.6 Å². The number of aryl methyl sites for hydroxylation is 1. The molecule has 2 nitrogen and oxygen atoms in total. The Morgan fingerprint density at radius 3 is 2.31 bits per heavy atom. The summed E-state index contributed by atoms with van der Waals surface area (Å²) in [7, 11) is -5.37. The van der Waals surface area contributed by atoms with Crippen molar-refractivity contribution in [1.29, 1.82) is 0 Å². The van der Waals surface area contributed by atoms with Gasteiger partial charge in [0.2, 0.25) is 0 Å². The van der Waals surface area contributed by atoms with Crippen LogP contribution in [0.5, 0.6) is 0 Å². The van der Waals surface area contributed by atoms with E-state index in [4.69, 9.17) is 11.6 Å². The number of hydrogen-bond donors (Lipinski definition) is 0. The van der Waals surface area contributed by atoms with Gasteiger partial charge in [0.1, 0.15) is 0 Å². The van der Waals surface area contributed by atoms with Crippen LogP contribution < -0.4 is 0 Å². The van der Waals surface area contributed by atoms with E-state index in [2.05, 4.69) is 0 Å². The van der Waals surface area contributed by atoms with E-state index in [1.807, 2.05) is 0 Å². The zero-order chi connectivity index (χ0) is 12.6. The zero-order valence-electron chi connectivity index (χ0n) is 8.18. The van der Waals surface area contributed by atoms with Crippen LogP contribution in [0.2, 0.25) is 5.02 Å². The molecule has 1 rings (SSSR count). The lowest BCUT2D eigenvalue weighted by Crippen LogP contribution is -2.23. The van der Waals surface area contributed by atoms with Gasteiger partial charge in [-0.05, 0) is 24.1 Å². The Morgan fingerprint density at radius 2 is 1.88 bits per heavy atom. The first-order valence-electron chi connectivity index (χ1n) is 4.30. The highest BCUT2D eigenvalue weighted by molar-refractivity contribution is 7.92. The minimum absolute atomic E-state index is 0.422. The molecule has 0 aliphatic heterocycles. The van der Waals surface area contributed by atoms with E-state index in [-0.39, 0.29) is 0 Å². The molecule has 90 valence electrons. The van der Waals surface area contributed by atoms with Gasteiger partial charge in [0.05, 0.1) is 9.92 Å². The number of hydrogen-bond acceptors (Lipinski definition) is 2. The highest BCUT2D eigenvalue weighted by Crippen LogP contribution is 2.34. The van der Waals surface area contributed by atoms with Crippen LogP contribution in [-0.4, -0.2) is 13.9 Å². The van der Waals surface area contributed by atoms with Crippen LogP contribution in [0.4, 0.5) is 13.2 Å². The predicted octanol–water partition coefficient (Wildman–Crippen LogP) is 3.20. The summed E-state index contributed by atoms with van der Waals surface area (Å²) in [6, 6.07) is 3.59. The standard InChI is InChI=1S/C9H8ClF3O2S/c1-2-6-3-4-7(10)8(5-6)16(14,15)9(11,12)13/h3-5H,2H2,1H3. The third-order valence-electron chi connectivity index (χ3n) is 2.00. The van der Waals surface area contributed by atoms with Gasteiger partial charge in [-0.2, -0.15) is 13.2 Å². The lowest BCUT2D eigenvalue weighted by Gasteiger charge is -2.10. The molecule has 0 aliphatic rings. The largest absolute Gasteiger partial charge is 0.501 e. The third kappa shape index (κ3) is 2.32. The fraction of sp³-hybridized carbons (Fsp3) is 0.333. The minimum Gasteiger partial charge on any atom is -0.214 e. The maximum Gasteiger partial charge on any atom is 0.501 e. The first-order chi connectivity index (χ1) is 7.20. The van der Waals surface area contributed by atoms with Crippen LogP contribution in [0.3, 0.4) is 0 Å².